The number of benzene rings is 2. The highest BCUT2D eigenvalue weighted by Crippen LogP contribution is 2.46. The molecule has 0 saturated heterocycles. The first-order valence-corrected chi connectivity index (χ1v) is 11.4. The van der Waals surface area contributed by atoms with Crippen molar-refractivity contribution in [2.24, 2.45) is 0 Å². The van der Waals surface area contributed by atoms with Gasteiger partial charge in [-0.05, 0) is 36.8 Å². The van der Waals surface area contributed by atoms with Crippen LogP contribution in [0.1, 0.15) is 18.4 Å². The van der Waals surface area contributed by atoms with Gasteiger partial charge in [0, 0.05) is 23.6 Å². The van der Waals surface area contributed by atoms with E-state index in [4.69, 9.17) is 5.11 Å². The van der Waals surface area contributed by atoms with Gasteiger partial charge in [0.05, 0.1) is 17.1 Å². The summed E-state index contributed by atoms with van der Waals surface area (Å²) < 4.78 is 3.32. The van der Waals surface area contributed by atoms with Crippen LogP contribution in [0.4, 0.5) is 5.69 Å². The summed E-state index contributed by atoms with van der Waals surface area (Å²) in [5, 5.41) is 20.8. The van der Waals surface area contributed by atoms with Crippen molar-refractivity contribution in [1.82, 2.24) is 0 Å². The maximum Gasteiger partial charge on any atom is 0.305 e. The number of aliphatic hydroxyl groups excluding tert-OH is 1. The summed E-state index contributed by atoms with van der Waals surface area (Å²) in [4.78, 5) is 14.4. The quantitative estimate of drug-likeness (QED) is 0.530. The minimum atomic E-state index is -0.800. The van der Waals surface area contributed by atoms with Crippen LogP contribution in [-0.2, 0) is 11.3 Å². The van der Waals surface area contributed by atoms with Gasteiger partial charge in [-0.25, -0.2) is 0 Å². The molecule has 1 aromatic heterocycles. The van der Waals surface area contributed by atoms with Gasteiger partial charge in [-0.15, -0.1) is 0 Å². The topological polar surface area (TPSA) is 64.7 Å². The van der Waals surface area contributed by atoms with E-state index < -0.39 is 5.97 Å². The van der Waals surface area contributed by atoms with E-state index in [9.17, 15) is 9.90 Å². The summed E-state index contributed by atoms with van der Waals surface area (Å²) in [5.41, 5.74) is 3.25. The third-order valence-electron chi connectivity index (χ3n) is 4.85. The molecule has 5 nitrogen and oxygen atoms in total. The molecule has 1 aliphatic heterocycles. The summed E-state index contributed by atoms with van der Waals surface area (Å²) in [7, 11) is 0. The smallest absolute Gasteiger partial charge is 0.305 e. The average Bonchev–Trinajstić information content (AvgIpc) is 3.24. The fourth-order valence-corrected chi connectivity index (χ4v) is 5.92. The molecule has 0 fully saturated rings. The molecular formula is C23H23N2O3S2+. The van der Waals surface area contributed by atoms with E-state index in [1.807, 2.05) is 30.3 Å². The number of anilines is 1. The van der Waals surface area contributed by atoms with Gasteiger partial charge in [0.25, 0.3) is 5.01 Å². The minimum absolute atomic E-state index is 0.0838. The van der Waals surface area contributed by atoms with Crippen LogP contribution in [0, 0.1) is 0 Å². The number of thioether (sulfide) groups is 1. The molecule has 0 unspecified atom stereocenters. The third-order valence-corrected chi connectivity index (χ3v) is 7.07. The molecular weight excluding hydrogens is 416 g/mol. The Morgan fingerprint density at radius 2 is 1.93 bits per heavy atom. The normalized spacial score (nSPS) is 15.2. The van der Waals surface area contributed by atoms with Crippen molar-refractivity contribution in [3.63, 3.8) is 0 Å². The number of aromatic nitrogens is 1. The Bertz CT molecular complexity index is 1150. The molecule has 0 aliphatic carbocycles. The largest absolute Gasteiger partial charge is 0.481 e. The van der Waals surface area contributed by atoms with Crippen LogP contribution in [0.3, 0.4) is 0 Å². The summed E-state index contributed by atoms with van der Waals surface area (Å²) in [6.07, 6.45) is 4.33. The van der Waals surface area contributed by atoms with E-state index in [0.29, 0.717) is 13.1 Å². The second-order valence-corrected chi connectivity index (χ2v) is 9.14. The maximum atomic E-state index is 11.1. The molecule has 0 amide bonds. The number of fused-ring (bicyclic) bond motifs is 2. The maximum absolute atomic E-state index is 11.1. The Balaban J connectivity index is 1.68. The van der Waals surface area contributed by atoms with E-state index in [0.717, 1.165) is 31.7 Å². The Hall–Kier alpha value is -2.61. The number of hydrogen-bond acceptors (Lipinski definition) is 5. The molecule has 2 aromatic carbocycles. The number of aliphatic hydroxyl groups is 1. The highest BCUT2D eigenvalue weighted by atomic mass is 32.2. The number of aliphatic carboxylic acids is 1. The number of allylic oxidation sites excluding steroid dienone is 2. The standard InChI is InChI=1S/C23H22N2O3S2/c1-16(15-22-25(12-13-26)18-7-3-5-9-20(18)30-22)14-21-24(11-10-23(27)28)17-6-2-4-8-19(17)29-21/h2-9,14-15,26H,10-13H2,1H3/p+1. The molecule has 0 spiro atoms. The average molecular weight is 440 g/mol. The monoisotopic (exact) mass is 439 g/mol. The van der Waals surface area contributed by atoms with Gasteiger partial charge in [0.2, 0.25) is 5.52 Å². The molecule has 30 heavy (non-hydrogen) atoms. The highest BCUT2D eigenvalue weighted by Gasteiger charge is 2.25. The van der Waals surface area contributed by atoms with Gasteiger partial charge in [-0.1, -0.05) is 47.4 Å². The number of carboxylic acids is 1. The molecule has 1 aliphatic rings. The van der Waals surface area contributed by atoms with Crippen molar-refractivity contribution >= 4 is 51.0 Å². The Kier molecular flexibility index (Phi) is 6.22. The number of hydrogen-bond donors (Lipinski definition) is 2. The molecule has 0 saturated carbocycles. The van der Waals surface area contributed by atoms with Crippen molar-refractivity contribution in [3.05, 3.63) is 70.2 Å². The van der Waals surface area contributed by atoms with Gasteiger partial charge >= 0.3 is 5.97 Å². The first kappa shape index (κ1) is 20.7. The molecule has 7 heteroatoms. The van der Waals surface area contributed by atoms with E-state index in [2.05, 4.69) is 46.7 Å². The van der Waals surface area contributed by atoms with Gasteiger partial charge in [-0.2, -0.15) is 4.57 Å². The van der Waals surface area contributed by atoms with E-state index in [1.165, 1.54) is 4.70 Å². The van der Waals surface area contributed by atoms with Gasteiger partial charge < -0.3 is 15.1 Å². The predicted octanol–water partition coefficient (Wildman–Crippen LogP) is 4.51. The lowest BCUT2D eigenvalue weighted by Gasteiger charge is -2.19. The zero-order valence-corrected chi connectivity index (χ0v) is 18.2. The molecule has 3 aromatic rings. The van der Waals surface area contributed by atoms with E-state index >= 15 is 0 Å². The predicted molar refractivity (Wildman–Crippen MR) is 123 cm³/mol. The molecule has 0 radical (unpaired) electrons. The van der Waals surface area contributed by atoms with Crippen molar-refractivity contribution < 1.29 is 19.6 Å². The number of carboxylic acid groups (broad SMARTS) is 1. The number of carbonyl (C=O) groups is 1. The van der Waals surface area contributed by atoms with Crippen LogP contribution in [0.5, 0.6) is 0 Å². The lowest BCUT2D eigenvalue weighted by Crippen LogP contribution is -2.36. The third kappa shape index (κ3) is 4.28. The highest BCUT2D eigenvalue weighted by molar-refractivity contribution is 8.03. The number of nitrogens with zero attached hydrogens (tertiary/aromatic N) is 2. The molecule has 2 heterocycles. The van der Waals surface area contributed by atoms with E-state index in [1.54, 1.807) is 23.1 Å². The van der Waals surface area contributed by atoms with E-state index in [-0.39, 0.29) is 13.0 Å². The van der Waals surface area contributed by atoms with Crippen LogP contribution < -0.4 is 9.47 Å². The summed E-state index contributed by atoms with van der Waals surface area (Å²) in [5.74, 6) is -0.800. The van der Waals surface area contributed by atoms with Gasteiger partial charge in [0.1, 0.15) is 11.3 Å². The fraction of sp³-hybridized carbons (Fsp3) is 0.217. The fourth-order valence-electron chi connectivity index (χ4n) is 3.52. The summed E-state index contributed by atoms with van der Waals surface area (Å²) >= 11 is 3.36. The Morgan fingerprint density at radius 1 is 1.17 bits per heavy atom. The molecule has 4 rings (SSSR count). The molecule has 2 N–H and O–H groups in total. The second-order valence-electron chi connectivity index (χ2n) is 7.02. The van der Waals surface area contributed by atoms with Crippen molar-refractivity contribution in [2.45, 2.75) is 24.8 Å². The zero-order valence-electron chi connectivity index (χ0n) is 16.6. The molecule has 0 atom stereocenters. The van der Waals surface area contributed by atoms with Crippen LogP contribution in [0.15, 0.2) is 70.1 Å². The van der Waals surface area contributed by atoms with Crippen molar-refractivity contribution in [1.29, 1.82) is 0 Å². The van der Waals surface area contributed by atoms with Crippen LogP contribution in [0.2, 0.25) is 0 Å². The number of rotatable bonds is 7. The summed E-state index contributed by atoms with van der Waals surface area (Å²) in [6.45, 7) is 3.12. The van der Waals surface area contributed by atoms with Crippen LogP contribution in [0.25, 0.3) is 16.3 Å². The zero-order chi connectivity index (χ0) is 21.1. The van der Waals surface area contributed by atoms with Crippen molar-refractivity contribution in [3.8, 4) is 0 Å². The van der Waals surface area contributed by atoms with Crippen LogP contribution in [-0.4, -0.2) is 29.3 Å². The number of para-hydroxylation sites is 2. The Labute approximate surface area is 183 Å². The SMILES string of the molecule is CC(/C=C1\Sc2ccccc2N1CCC(=O)O)=C\c1sc2ccccc2[n+]1CCO. The molecule has 154 valence electrons. The lowest BCUT2D eigenvalue weighted by molar-refractivity contribution is -0.670. The number of thiazole rings is 1. The lowest BCUT2D eigenvalue weighted by atomic mass is 10.2. The Morgan fingerprint density at radius 3 is 2.73 bits per heavy atom. The van der Waals surface area contributed by atoms with Crippen molar-refractivity contribution in [2.75, 3.05) is 18.1 Å². The van der Waals surface area contributed by atoms with Crippen LogP contribution >= 0.6 is 23.1 Å². The van der Waals surface area contributed by atoms with Gasteiger partial charge in [0.15, 0.2) is 6.54 Å². The molecule has 0 bridgehead atoms. The minimum Gasteiger partial charge on any atom is -0.481 e. The second kappa shape index (κ2) is 9.04. The van der Waals surface area contributed by atoms with Gasteiger partial charge in [-0.3, -0.25) is 4.79 Å². The first-order valence-electron chi connectivity index (χ1n) is 9.75. The summed E-state index contributed by atoms with van der Waals surface area (Å²) in [6, 6.07) is 16.3. The first-order chi connectivity index (χ1) is 14.6.